The van der Waals surface area contributed by atoms with Crippen LogP contribution in [0.2, 0.25) is 0 Å². The van der Waals surface area contributed by atoms with E-state index in [-0.39, 0.29) is 0 Å². The molecule has 22 heavy (non-hydrogen) atoms. The van der Waals surface area contributed by atoms with Crippen molar-refractivity contribution in [1.82, 2.24) is 0 Å². The van der Waals surface area contributed by atoms with E-state index in [1.807, 2.05) is 24.3 Å². The zero-order valence-corrected chi connectivity index (χ0v) is 12.5. The topological polar surface area (TPSA) is 48.3 Å². The number of anilines is 2. The van der Waals surface area contributed by atoms with E-state index >= 15 is 0 Å². The average Bonchev–Trinajstić information content (AvgIpc) is 2.61. The molecule has 0 bridgehead atoms. The molecular formula is C18H19N3O. The number of nitrogens with one attached hydrogen (secondary N) is 1. The molecule has 4 nitrogen and oxygen atoms in total. The first-order valence-electron chi connectivity index (χ1n) is 7.51. The minimum Gasteiger partial charge on any atom is -0.381 e. The Labute approximate surface area is 130 Å². The molecule has 4 heteroatoms. The minimum atomic E-state index is 0.680. The van der Waals surface area contributed by atoms with Gasteiger partial charge in [-0.1, -0.05) is 18.2 Å². The molecular weight excluding hydrogens is 274 g/mol. The number of benzene rings is 2. The van der Waals surface area contributed by atoms with Crippen LogP contribution in [0, 0.1) is 11.3 Å². The number of nitrogens with zero attached hydrogens (tertiary/aromatic N) is 2. The molecule has 1 aliphatic rings. The zero-order chi connectivity index (χ0) is 15.2. The van der Waals surface area contributed by atoms with Crippen LogP contribution >= 0.6 is 0 Å². The molecule has 1 aliphatic heterocycles. The van der Waals surface area contributed by atoms with Crippen molar-refractivity contribution in [3.8, 4) is 6.07 Å². The van der Waals surface area contributed by atoms with Crippen molar-refractivity contribution < 1.29 is 4.74 Å². The summed E-state index contributed by atoms with van der Waals surface area (Å²) in [6, 6.07) is 18.1. The summed E-state index contributed by atoms with van der Waals surface area (Å²) < 4.78 is 5.43. The summed E-state index contributed by atoms with van der Waals surface area (Å²) in [5.74, 6) is 0. The maximum absolute atomic E-state index is 8.83. The Morgan fingerprint density at radius 1 is 1.05 bits per heavy atom. The Bertz CT molecular complexity index is 655. The zero-order valence-electron chi connectivity index (χ0n) is 12.5. The first-order chi connectivity index (χ1) is 10.9. The predicted molar refractivity (Wildman–Crippen MR) is 88.0 cm³/mol. The molecule has 0 saturated carbocycles. The summed E-state index contributed by atoms with van der Waals surface area (Å²) >= 11 is 0. The lowest BCUT2D eigenvalue weighted by molar-refractivity contribution is 0.122. The first-order valence-corrected chi connectivity index (χ1v) is 7.51. The third-order valence-corrected chi connectivity index (χ3v) is 3.84. The molecule has 2 aromatic carbocycles. The number of nitriles is 1. The van der Waals surface area contributed by atoms with Crippen LogP contribution in [0.1, 0.15) is 11.1 Å². The fourth-order valence-electron chi connectivity index (χ4n) is 2.63. The third-order valence-electron chi connectivity index (χ3n) is 3.84. The highest BCUT2D eigenvalue weighted by Gasteiger charge is 2.14. The third kappa shape index (κ3) is 3.38. The second-order valence-corrected chi connectivity index (χ2v) is 5.27. The van der Waals surface area contributed by atoms with E-state index in [0.717, 1.165) is 38.5 Å². The van der Waals surface area contributed by atoms with Gasteiger partial charge in [0, 0.05) is 31.0 Å². The number of hydrogen-bond acceptors (Lipinski definition) is 4. The van der Waals surface area contributed by atoms with Gasteiger partial charge in [0.1, 0.15) is 0 Å². The van der Waals surface area contributed by atoms with Gasteiger partial charge in [-0.3, -0.25) is 0 Å². The first kappa shape index (κ1) is 14.4. The largest absolute Gasteiger partial charge is 0.381 e. The summed E-state index contributed by atoms with van der Waals surface area (Å²) in [6.07, 6.45) is 0. The lowest BCUT2D eigenvalue weighted by atomic mass is 10.1. The number of para-hydroxylation sites is 1. The normalized spacial score (nSPS) is 14.4. The molecule has 0 aliphatic carbocycles. The van der Waals surface area contributed by atoms with E-state index in [1.54, 1.807) is 0 Å². The van der Waals surface area contributed by atoms with Crippen LogP contribution in [-0.4, -0.2) is 26.3 Å². The molecule has 0 radical (unpaired) electrons. The van der Waals surface area contributed by atoms with Crippen LogP contribution in [0.25, 0.3) is 0 Å². The van der Waals surface area contributed by atoms with Crippen LogP contribution in [0.5, 0.6) is 0 Å². The fraction of sp³-hybridized carbons (Fsp3) is 0.278. The molecule has 0 unspecified atom stereocenters. The van der Waals surface area contributed by atoms with Gasteiger partial charge in [0.2, 0.25) is 0 Å². The van der Waals surface area contributed by atoms with Crippen LogP contribution in [-0.2, 0) is 11.3 Å². The van der Waals surface area contributed by atoms with E-state index in [0.29, 0.717) is 5.56 Å². The number of morpholine rings is 1. The van der Waals surface area contributed by atoms with Gasteiger partial charge in [0.05, 0.1) is 24.8 Å². The van der Waals surface area contributed by atoms with Crippen LogP contribution in [0.15, 0.2) is 48.5 Å². The smallest absolute Gasteiger partial charge is 0.0991 e. The average molecular weight is 293 g/mol. The molecule has 0 atom stereocenters. The van der Waals surface area contributed by atoms with Crippen molar-refractivity contribution in [2.45, 2.75) is 6.54 Å². The van der Waals surface area contributed by atoms with Gasteiger partial charge in [-0.05, 0) is 35.9 Å². The summed E-state index contributed by atoms with van der Waals surface area (Å²) in [5.41, 5.74) is 4.25. The van der Waals surface area contributed by atoms with Crippen molar-refractivity contribution >= 4 is 11.4 Å². The van der Waals surface area contributed by atoms with Gasteiger partial charge >= 0.3 is 0 Å². The number of hydrogen-bond donors (Lipinski definition) is 1. The molecule has 1 saturated heterocycles. The van der Waals surface area contributed by atoms with E-state index < -0.39 is 0 Å². The number of ether oxygens (including phenoxy) is 1. The second kappa shape index (κ2) is 6.97. The van der Waals surface area contributed by atoms with Gasteiger partial charge < -0.3 is 15.0 Å². The molecule has 0 aromatic heterocycles. The van der Waals surface area contributed by atoms with Crippen molar-refractivity contribution in [2.24, 2.45) is 0 Å². The Hall–Kier alpha value is -2.51. The molecule has 112 valence electrons. The predicted octanol–water partition coefficient (Wildman–Crippen LogP) is 3.01. The van der Waals surface area contributed by atoms with E-state index in [4.69, 9.17) is 10.00 Å². The van der Waals surface area contributed by atoms with Crippen LogP contribution in [0.4, 0.5) is 11.4 Å². The highest BCUT2D eigenvalue weighted by Crippen LogP contribution is 2.22. The van der Waals surface area contributed by atoms with Gasteiger partial charge in [-0.2, -0.15) is 5.26 Å². The molecule has 1 N–H and O–H groups in total. The van der Waals surface area contributed by atoms with Gasteiger partial charge in [-0.15, -0.1) is 0 Å². The Morgan fingerprint density at radius 2 is 1.77 bits per heavy atom. The highest BCUT2D eigenvalue weighted by molar-refractivity contribution is 5.56. The summed E-state index contributed by atoms with van der Waals surface area (Å²) in [5, 5.41) is 12.3. The maximum Gasteiger partial charge on any atom is 0.0991 e. The second-order valence-electron chi connectivity index (χ2n) is 5.27. The van der Waals surface area contributed by atoms with Crippen LogP contribution in [0.3, 0.4) is 0 Å². The number of rotatable bonds is 4. The SMILES string of the molecule is N#Cc1ccc(NCc2ccccc2N2CCOCC2)cc1. The van der Waals surface area contributed by atoms with Crippen molar-refractivity contribution in [1.29, 1.82) is 5.26 Å². The Morgan fingerprint density at radius 3 is 2.50 bits per heavy atom. The van der Waals surface area contributed by atoms with Crippen molar-refractivity contribution in [2.75, 3.05) is 36.5 Å². The van der Waals surface area contributed by atoms with E-state index in [9.17, 15) is 0 Å². The van der Waals surface area contributed by atoms with E-state index in [2.05, 4.69) is 40.6 Å². The molecule has 1 heterocycles. The Balaban J connectivity index is 1.70. The summed E-state index contributed by atoms with van der Waals surface area (Å²) in [6.45, 7) is 4.22. The van der Waals surface area contributed by atoms with Gasteiger partial charge in [0.15, 0.2) is 0 Å². The van der Waals surface area contributed by atoms with Gasteiger partial charge in [-0.25, -0.2) is 0 Å². The van der Waals surface area contributed by atoms with Crippen LogP contribution < -0.4 is 10.2 Å². The van der Waals surface area contributed by atoms with Crippen molar-refractivity contribution in [3.63, 3.8) is 0 Å². The highest BCUT2D eigenvalue weighted by atomic mass is 16.5. The minimum absolute atomic E-state index is 0.680. The lowest BCUT2D eigenvalue weighted by Gasteiger charge is -2.30. The Kier molecular flexibility index (Phi) is 4.57. The fourth-order valence-corrected chi connectivity index (χ4v) is 2.63. The standard InChI is InChI=1S/C18H19N3O/c19-13-15-5-7-17(8-6-15)20-14-16-3-1-2-4-18(16)21-9-11-22-12-10-21/h1-8,20H,9-12,14H2. The molecule has 0 spiro atoms. The molecule has 3 rings (SSSR count). The van der Waals surface area contributed by atoms with Crippen molar-refractivity contribution in [3.05, 3.63) is 59.7 Å². The molecule has 1 fully saturated rings. The summed E-state index contributed by atoms with van der Waals surface area (Å²) in [7, 11) is 0. The molecule has 2 aromatic rings. The van der Waals surface area contributed by atoms with E-state index in [1.165, 1.54) is 11.3 Å². The lowest BCUT2D eigenvalue weighted by Crippen LogP contribution is -2.36. The quantitative estimate of drug-likeness (QED) is 0.941. The monoisotopic (exact) mass is 293 g/mol. The summed E-state index contributed by atoms with van der Waals surface area (Å²) in [4.78, 5) is 2.37. The molecule has 0 amide bonds. The van der Waals surface area contributed by atoms with Gasteiger partial charge in [0.25, 0.3) is 0 Å². The maximum atomic E-state index is 8.83.